The van der Waals surface area contributed by atoms with Gasteiger partial charge in [-0.05, 0) is 71.9 Å². The molecule has 1 aromatic carbocycles. The predicted octanol–water partition coefficient (Wildman–Crippen LogP) is 7.23. The number of hydrogen-bond donors (Lipinski definition) is 1. The third-order valence-corrected chi connectivity index (χ3v) is 5.21. The van der Waals surface area contributed by atoms with Crippen LogP contribution >= 0.6 is 0 Å². The molecule has 1 N–H and O–H groups in total. The minimum absolute atomic E-state index is 0.293. The number of aromatic nitrogens is 4. The first-order valence-corrected chi connectivity index (χ1v) is 12.0. The second-order valence-corrected chi connectivity index (χ2v) is 10.8. The van der Waals surface area contributed by atoms with E-state index in [1.54, 1.807) is 53.7 Å². The molecule has 206 valence electrons. The fourth-order valence-corrected chi connectivity index (χ4v) is 3.64. The Labute approximate surface area is 222 Å². The van der Waals surface area contributed by atoms with Gasteiger partial charge in [0, 0.05) is 35.1 Å². The molecule has 0 amide bonds. The van der Waals surface area contributed by atoms with Crippen molar-refractivity contribution in [1.29, 1.82) is 0 Å². The van der Waals surface area contributed by atoms with Crippen molar-refractivity contribution in [1.82, 2.24) is 19.3 Å². The van der Waals surface area contributed by atoms with E-state index in [4.69, 9.17) is 9.47 Å². The molecule has 3 aromatic heterocycles. The van der Waals surface area contributed by atoms with E-state index in [0.717, 1.165) is 16.8 Å². The average molecular weight is 544 g/mol. The number of fused-ring (bicyclic) bond motifs is 1. The van der Waals surface area contributed by atoms with Crippen LogP contribution in [0.2, 0.25) is 0 Å². The zero-order valence-electron chi connectivity index (χ0n) is 22.3. The monoisotopic (exact) mass is 543 g/mol. The highest BCUT2D eigenvalue weighted by atomic mass is 19.4. The van der Waals surface area contributed by atoms with Crippen molar-refractivity contribution in [2.24, 2.45) is 0 Å². The number of halogens is 3. The Balaban J connectivity index is 1.74. The van der Waals surface area contributed by atoms with Crippen LogP contribution in [-0.2, 0) is 15.7 Å². The lowest BCUT2D eigenvalue weighted by Gasteiger charge is -2.21. The predicted molar refractivity (Wildman–Crippen MR) is 139 cm³/mol. The minimum Gasteiger partial charge on any atom is -0.443 e. The number of alkyl halides is 3. The summed E-state index contributed by atoms with van der Waals surface area (Å²) in [5.41, 5.74) is -0.663. The summed E-state index contributed by atoms with van der Waals surface area (Å²) in [7, 11) is 0. The van der Waals surface area contributed by atoms with E-state index in [9.17, 15) is 22.8 Å². The molecule has 39 heavy (non-hydrogen) atoms. The van der Waals surface area contributed by atoms with Crippen LogP contribution in [0.25, 0.3) is 22.2 Å². The maximum absolute atomic E-state index is 13.3. The van der Waals surface area contributed by atoms with Gasteiger partial charge in [-0.3, -0.25) is 0 Å². The number of rotatable bonds is 3. The first-order chi connectivity index (χ1) is 18.0. The zero-order chi connectivity index (χ0) is 28.8. The van der Waals surface area contributed by atoms with Crippen LogP contribution in [0, 0.1) is 0 Å². The first-order valence-electron chi connectivity index (χ1n) is 12.0. The third-order valence-electron chi connectivity index (χ3n) is 5.21. The van der Waals surface area contributed by atoms with E-state index in [0.29, 0.717) is 33.7 Å². The molecule has 0 atom stereocenters. The van der Waals surface area contributed by atoms with Crippen molar-refractivity contribution in [2.75, 3.05) is 5.32 Å². The smallest absolute Gasteiger partial charge is 0.435 e. The molecule has 0 aliphatic heterocycles. The standard InChI is InChI=1S/C27H28F3N5O4/c1-25(2,3)38-23(36)34-15-17(14-32-34)20-11-16-13-31-22(12-21(16)35(20)24(37)39-26(4,5)6)33-19-9-7-18(8-10-19)27(28,29)30/h7-15H,1-6H3,(H,31,33). The maximum atomic E-state index is 13.3. The summed E-state index contributed by atoms with van der Waals surface area (Å²) in [6, 6.07) is 7.79. The van der Waals surface area contributed by atoms with E-state index >= 15 is 0 Å². The molecule has 0 saturated heterocycles. The van der Waals surface area contributed by atoms with Crippen molar-refractivity contribution in [3.05, 3.63) is 60.6 Å². The lowest BCUT2D eigenvalue weighted by atomic mass is 10.2. The van der Waals surface area contributed by atoms with Gasteiger partial charge in [-0.2, -0.15) is 23.0 Å². The highest BCUT2D eigenvalue weighted by Crippen LogP contribution is 2.32. The van der Waals surface area contributed by atoms with Crippen molar-refractivity contribution >= 4 is 34.6 Å². The summed E-state index contributed by atoms with van der Waals surface area (Å²) in [4.78, 5) is 30.1. The number of pyridine rings is 1. The van der Waals surface area contributed by atoms with Gasteiger partial charge in [0.1, 0.15) is 17.0 Å². The Bertz CT molecular complexity index is 1520. The van der Waals surface area contributed by atoms with Gasteiger partial charge in [0.05, 0.1) is 23.0 Å². The van der Waals surface area contributed by atoms with Crippen molar-refractivity contribution < 1.29 is 32.2 Å². The van der Waals surface area contributed by atoms with Gasteiger partial charge >= 0.3 is 18.4 Å². The number of carbonyl (C=O) groups is 2. The number of nitrogens with zero attached hydrogens (tertiary/aromatic N) is 4. The summed E-state index contributed by atoms with van der Waals surface area (Å²) in [5.74, 6) is 0.293. The Hall–Kier alpha value is -4.35. The second kappa shape index (κ2) is 9.75. The van der Waals surface area contributed by atoms with Crippen LogP contribution < -0.4 is 5.32 Å². The maximum Gasteiger partial charge on any atom is 0.435 e. The van der Waals surface area contributed by atoms with Gasteiger partial charge in [-0.15, -0.1) is 0 Å². The average Bonchev–Trinajstić information content (AvgIpc) is 3.41. The molecule has 0 bridgehead atoms. The SMILES string of the molecule is CC(C)(C)OC(=O)n1cc(-c2cc3cnc(Nc4ccc(C(F)(F)F)cc4)cc3n2C(=O)OC(C)(C)C)cn1. The number of benzene rings is 1. The van der Waals surface area contributed by atoms with Crippen LogP contribution in [-0.4, -0.2) is 42.7 Å². The fraction of sp³-hybridized carbons (Fsp3) is 0.333. The Morgan fingerprint density at radius 2 is 1.49 bits per heavy atom. The Morgan fingerprint density at radius 3 is 2.08 bits per heavy atom. The van der Waals surface area contributed by atoms with Gasteiger partial charge in [0.2, 0.25) is 0 Å². The normalized spacial score (nSPS) is 12.4. The van der Waals surface area contributed by atoms with Crippen molar-refractivity contribution in [3.63, 3.8) is 0 Å². The number of hydrogen-bond acceptors (Lipinski definition) is 7. The molecule has 0 saturated carbocycles. The van der Waals surface area contributed by atoms with E-state index < -0.39 is 35.1 Å². The number of anilines is 2. The first kappa shape index (κ1) is 27.7. The molecule has 9 nitrogen and oxygen atoms in total. The van der Waals surface area contributed by atoms with Gasteiger partial charge in [0.15, 0.2) is 0 Å². The van der Waals surface area contributed by atoms with Gasteiger partial charge < -0.3 is 14.8 Å². The largest absolute Gasteiger partial charge is 0.443 e. The minimum atomic E-state index is -4.45. The Kier molecular flexibility index (Phi) is 6.92. The summed E-state index contributed by atoms with van der Waals surface area (Å²) in [6.45, 7) is 10.4. The van der Waals surface area contributed by atoms with Gasteiger partial charge in [0.25, 0.3) is 0 Å². The summed E-state index contributed by atoms with van der Waals surface area (Å²) in [5, 5.41) is 7.63. The molecule has 0 radical (unpaired) electrons. The van der Waals surface area contributed by atoms with Crippen LogP contribution in [0.15, 0.2) is 55.0 Å². The fourth-order valence-electron chi connectivity index (χ4n) is 3.64. The summed E-state index contributed by atoms with van der Waals surface area (Å²) in [6.07, 6.45) is -1.42. The highest BCUT2D eigenvalue weighted by molar-refractivity contribution is 5.97. The molecule has 0 aliphatic carbocycles. The molecule has 4 rings (SSSR count). The van der Waals surface area contributed by atoms with E-state index in [1.807, 2.05) is 0 Å². The molecule has 0 fully saturated rings. The molecule has 12 heteroatoms. The molecule has 3 heterocycles. The van der Waals surface area contributed by atoms with Crippen LogP contribution in [0.3, 0.4) is 0 Å². The number of ether oxygens (including phenoxy) is 2. The van der Waals surface area contributed by atoms with Gasteiger partial charge in [-0.25, -0.2) is 19.1 Å². The lowest BCUT2D eigenvalue weighted by Crippen LogP contribution is -2.27. The lowest BCUT2D eigenvalue weighted by molar-refractivity contribution is -0.137. The quantitative estimate of drug-likeness (QED) is 0.291. The molecule has 0 unspecified atom stereocenters. The number of carbonyl (C=O) groups excluding carboxylic acids is 2. The molecule has 0 spiro atoms. The molecule has 4 aromatic rings. The van der Waals surface area contributed by atoms with E-state index in [-0.39, 0.29) is 0 Å². The van der Waals surface area contributed by atoms with Crippen molar-refractivity contribution in [3.8, 4) is 11.3 Å². The van der Waals surface area contributed by atoms with E-state index in [2.05, 4.69) is 15.4 Å². The molecular weight excluding hydrogens is 515 g/mol. The van der Waals surface area contributed by atoms with Crippen LogP contribution in [0.4, 0.5) is 34.3 Å². The molecule has 0 aliphatic rings. The van der Waals surface area contributed by atoms with Crippen LogP contribution in [0.1, 0.15) is 47.1 Å². The van der Waals surface area contributed by atoms with Crippen molar-refractivity contribution in [2.45, 2.75) is 58.9 Å². The third kappa shape index (κ3) is 6.57. The van der Waals surface area contributed by atoms with Crippen LogP contribution in [0.5, 0.6) is 0 Å². The topological polar surface area (TPSA) is 100 Å². The number of nitrogens with one attached hydrogen (secondary N) is 1. The summed E-state index contributed by atoms with van der Waals surface area (Å²) < 4.78 is 52.1. The second-order valence-electron chi connectivity index (χ2n) is 10.8. The highest BCUT2D eigenvalue weighted by Gasteiger charge is 2.30. The molecular formula is C27H28F3N5O4. The van der Waals surface area contributed by atoms with E-state index in [1.165, 1.54) is 35.3 Å². The zero-order valence-corrected chi connectivity index (χ0v) is 22.3. The van der Waals surface area contributed by atoms with Gasteiger partial charge in [-0.1, -0.05) is 0 Å². The Morgan fingerprint density at radius 1 is 0.872 bits per heavy atom. The summed E-state index contributed by atoms with van der Waals surface area (Å²) >= 11 is 0.